The van der Waals surface area contributed by atoms with Gasteiger partial charge in [0.25, 0.3) is 0 Å². The summed E-state index contributed by atoms with van der Waals surface area (Å²) in [6.07, 6.45) is -0.175. The second-order valence-corrected chi connectivity index (χ2v) is 4.57. The molecule has 0 bridgehead atoms. The fourth-order valence-corrected chi connectivity index (χ4v) is 1.87. The van der Waals surface area contributed by atoms with Crippen molar-refractivity contribution in [1.82, 2.24) is 4.90 Å². The third-order valence-corrected chi connectivity index (χ3v) is 2.77. The second kappa shape index (κ2) is 6.34. The van der Waals surface area contributed by atoms with Gasteiger partial charge in [-0.15, -0.1) is 0 Å². The Hall–Kier alpha value is -2.15. The van der Waals surface area contributed by atoms with Crippen LogP contribution < -0.4 is 0 Å². The van der Waals surface area contributed by atoms with Crippen LogP contribution in [0.3, 0.4) is 0 Å². The Morgan fingerprint density at radius 1 is 1.15 bits per heavy atom. The van der Waals surface area contributed by atoms with Crippen LogP contribution in [0.1, 0.15) is 10.4 Å². The van der Waals surface area contributed by atoms with E-state index in [2.05, 4.69) is 0 Å². The van der Waals surface area contributed by atoms with E-state index in [1.54, 1.807) is 37.4 Å². The average Bonchev–Trinajstić information content (AvgIpc) is 2.37. The maximum Gasteiger partial charge on any atom is 0.606 e. The molecule has 1 aliphatic rings. The predicted octanol–water partition coefficient (Wildman–Crippen LogP) is 0.389. The topological polar surface area (TPSA) is 72.9 Å². The van der Waals surface area contributed by atoms with E-state index in [0.29, 0.717) is 5.56 Å². The van der Waals surface area contributed by atoms with E-state index >= 15 is 0 Å². The second-order valence-electron chi connectivity index (χ2n) is 4.57. The van der Waals surface area contributed by atoms with E-state index in [4.69, 9.17) is 9.31 Å². The summed E-state index contributed by atoms with van der Waals surface area (Å²) < 4.78 is 9.96. The van der Waals surface area contributed by atoms with E-state index in [9.17, 15) is 14.4 Å². The summed E-state index contributed by atoms with van der Waals surface area (Å²) in [4.78, 5) is 36.5. The quantitative estimate of drug-likeness (QED) is 0.587. The molecule has 0 aromatic heterocycles. The third-order valence-electron chi connectivity index (χ3n) is 2.77. The molecule has 0 amide bonds. The fraction of sp³-hybridized carbons (Fsp3) is 0.308. The number of rotatable bonds is 3. The lowest BCUT2D eigenvalue weighted by Crippen LogP contribution is -2.43. The van der Waals surface area contributed by atoms with Crippen LogP contribution in [-0.2, 0) is 18.9 Å². The van der Waals surface area contributed by atoms with Crippen molar-refractivity contribution in [3.63, 3.8) is 0 Å². The van der Waals surface area contributed by atoms with Gasteiger partial charge in [0.05, 0.1) is 19.4 Å². The van der Waals surface area contributed by atoms with Gasteiger partial charge in [-0.1, -0.05) is 30.3 Å². The SMILES string of the molecule is CN1CC(=O)OB(CC(=O)c2ccccc2)OC(=O)C1. The van der Waals surface area contributed by atoms with Gasteiger partial charge in [0.2, 0.25) is 0 Å². The summed E-state index contributed by atoms with van der Waals surface area (Å²) in [5.74, 6) is -1.29. The molecule has 0 N–H and O–H groups in total. The lowest BCUT2D eigenvalue weighted by molar-refractivity contribution is -0.145. The number of carbonyl (C=O) groups is 3. The van der Waals surface area contributed by atoms with Crippen LogP contribution in [0.15, 0.2) is 30.3 Å². The molecule has 0 spiro atoms. The Morgan fingerprint density at radius 3 is 2.25 bits per heavy atom. The zero-order valence-corrected chi connectivity index (χ0v) is 11.1. The van der Waals surface area contributed by atoms with Gasteiger partial charge in [-0.25, -0.2) is 0 Å². The van der Waals surface area contributed by atoms with Crippen molar-refractivity contribution < 1.29 is 23.7 Å². The maximum atomic E-state index is 12.0. The minimum absolute atomic E-state index is 0.00880. The van der Waals surface area contributed by atoms with E-state index in [1.165, 1.54) is 4.90 Å². The molecule has 1 heterocycles. The smallest absolute Gasteiger partial charge is 0.498 e. The van der Waals surface area contributed by atoms with Crippen LogP contribution in [-0.4, -0.2) is 49.9 Å². The Bertz CT molecular complexity index is 499. The Kier molecular flexibility index (Phi) is 4.52. The van der Waals surface area contributed by atoms with Gasteiger partial charge in [0, 0.05) is 5.56 Å². The van der Waals surface area contributed by atoms with Crippen molar-refractivity contribution in [2.75, 3.05) is 20.1 Å². The molecule has 0 unspecified atom stereocenters. The molecule has 0 aliphatic carbocycles. The minimum Gasteiger partial charge on any atom is -0.498 e. The summed E-state index contributed by atoms with van der Waals surface area (Å²) in [5.41, 5.74) is 0.485. The van der Waals surface area contributed by atoms with Crippen LogP contribution in [0.25, 0.3) is 0 Å². The highest BCUT2D eigenvalue weighted by molar-refractivity contribution is 6.54. The number of hydrogen-bond donors (Lipinski definition) is 0. The molecule has 104 valence electrons. The monoisotopic (exact) mass is 275 g/mol. The highest BCUT2D eigenvalue weighted by Gasteiger charge is 2.34. The van der Waals surface area contributed by atoms with Crippen LogP contribution in [0.4, 0.5) is 0 Å². The van der Waals surface area contributed by atoms with Crippen molar-refractivity contribution in [2.24, 2.45) is 0 Å². The molecule has 0 radical (unpaired) electrons. The molecule has 1 fully saturated rings. The van der Waals surface area contributed by atoms with E-state index < -0.39 is 19.1 Å². The first-order valence-electron chi connectivity index (χ1n) is 6.20. The number of carbonyl (C=O) groups excluding carboxylic acids is 3. The molecule has 1 aliphatic heterocycles. The number of likely N-dealkylation sites (N-methyl/N-ethyl adjacent to an activating group) is 1. The van der Waals surface area contributed by atoms with Crippen molar-refractivity contribution in [2.45, 2.75) is 6.32 Å². The minimum atomic E-state index is -1.16. The fourth-order valence-electron chi connectivity index (χ4n) is 1.87. The highest BCUT2D eigenvalue weighted by Crippen LogP contribution is 2.10. The van der Waals surface area contributed by atoms with Gasteiger partial charge < -0.3 is 9.31 Å². The van der Waals surface area contributed by atoms with Gasteiger partial charge in [0.15, 0.2) is 5.78 Å². The highest BCUT2D eigenvalue weighted by atomic mass is 16.6. The van der Waals surface area contributed by atoms with Crippen LogP contribution >= 0.6 is 0 Å². The summed E-state index contributed by atoms with van der Waals surface area (Å²) >= 11 is 0. The van der Waals surface area contributed by atoms with Gasteiger partial charge in [-0.3, -0.25) is 19.3 Å². The molecular formula is C13H14BNO5. The van der Waals surface area contributed by atoms with E-state index in [1.807, 2.05) is 0 Å². The number of nitrogens with zero attached hydrogens (tertiary/aromatic N) is 1. The Labute approximate surface area is 116 Å². The zero-order chi connectivity index (χ0) is 14.5. The molecule has 20 heavy (non-hydrogen) atoms. The molecule has 1 aromatic carbocycles. The summed E-state index contributed by atoms with van der Waals surface area (Å²) in [7, 11) is 0.453. The molecule has 1 saturated heterocycles. The maximum absolute atomic E-state index is 12.0. The molecule has 6 nitrogen and oxygen atoms in total. The van der Waals surface area contributed by atoms with E-state index in [0.717, 1.165) is 0 Å². The molecular weight excluding hydrogens is 261 g/mol. The largest absolute Gasteiger partial charge is 0.606 e. The van der Waals surface area contributed by atoms with E-state index in [-0.39, 0.29) is 25.2 Å². The predicted molar refractivity (Wildman–Crippen MR) is 71.0 cm³/mol. The van der Waals surface area contributed by atoms with Crippen LogP contribution in [0, 0.1) is 0 Å². The molecule has 0 saturated carbocycles. The van der Waals surface area contributed by atoms with Crippen molar-refractivity contribution >= 4 is 24.8 Å². The first-order chi connectivity index (χ1) is 9.54. The third kappa shape index (κ3) is 3.93. The number of ketones is 1. The summed E-state index contributed by atoms with van der Waals surface area (Å²) in [6.45, 7) is -0.0176. The van der Waals surface area contributed by atoms with Gasteiger partial charge >= 0.3 is 19.1 Å². The molecule has 0 atom stereocenters. The van der Waals surface area contributed by atoms with Crippen LogP contribution in [0.5, 0.6) is 0 Å². The Morgan fingerprint density at radius 2 is 1.70 bits per heavy atom. The molecule has 7 heteroatoms. The normalized spacial score (nSPS) is 16.9. The first-order valence-corrected chi connectivity index (χ1v) is 6.20. The molecule has 2 rings (SSSR count). The summed E-state index contributed by atoms with van der Waals surface area (Å²) in [6, 6.07) is 8.57. The number of hydrogen-bond acceptors (Lipinski definition) is 6. The van der Waals surface area contributed by atoms with Crippen molar-refractivity contribution in [3.05, 3.63) is 35.9 Å². The zero-order valence-electron chi connectivity index (χ0n) is 11.1. The first kappa shape index (κ1) is 14.3. The van der Waals surface area contributed by atoms with Gasteiger partial charge in [0.1, 0.15) is 0 Å². The Balaban J connectivity index is 2.02. The lowest BCUT2D eigenvalue weighted by Gasteiger charge is -2.22. The van der Waals surface area contributed by atoms with Crippen molar-refractivity contribution in [1.29, 1.82) is 0 Å². The number of Topliss-reactive ketones (excluding diaryl/α,β-unsaturated/α-hetero) is 1. The average molecular weight is 275 g/mol. The summed E-state index contributed by atoms with van der Waals surface area (Å²) in [5, 5.41) is 0. The van der Waals surface area contributed by atoms with Gasteiger partial charge in [-0.05, 0) is 7.05 Å². The lowest BCUT2D eigenvalue weighted by atomic mass is 9.80. The van der Waals surface area contributed by atoms with Crippen molar-refractivity contribution in [3.8, 4) is 0 Å². The molecule has 1 aromatic rings. The van der Waals surface area contributed by atoms with Crippen LogP contribution in [0.2, 0.25) is 6.32 Å². The van der Waals surface area contributed by atoms with Gasteiger partial charge in [-0.2, -0.15) is 0 Å². The number of benzene rings is 1. The standard InChI is InChI=1S/C13H14BNO5/c1-15-8-12(17)19-14(20-13(18)9-15)7-11(16)10-5-3-2-4-6-10/h2-6H,7-9H2,1H3.